The normalized spacial score (nSPS) is 16.5. The molecule has 0 aliphatic carbocycles. The summed E-state index contributed by atoms with van der Waals surface area (Å²) in [5, 5.41) is 8.85. The number of carbonyl (C=O) groups is 3. The van der Waals surface area contributed by atoms with Gasteiger partial charge in [-0.25, -0.2) is 0 Å². The fourth-order valence-electron chi connectivity index (χ4n) is 3.93. The predicted molar refractivity (Wildman–Crippen MR) is 139 cm³/mol. The molecule has 0 bridgehead atoms. The second-order valence-electron chi connectivity index (χ2n) is 8.17. The Kier molecular flexibility index (Phi) is 8.33. The molecule has 0 spiro atoms. The van der Waals surface area contributed by atoms with Crippen LogP contribution in [0, 0.1) is 11.3 Å². The van der Waals surface area contributed by atoms with Crippen LogP contribution in [-0.2, 0) is 16.2 Å². The van der Waals surface area contributed by atoms with Crippen LogP contribution < -0.4 is 9.47 Å². The van der Waals surface area contributed by atoms with Gasteiger partial charge < -0.3 is 14.4 Å². The highest BCUT2D eigenvalue weighted by Crippen LogP contribution is 2.38. The number of hydrogen-bond donors (Lipinski definition) is 0. The van der Waals surface area contributed by atoms with E-state index < -0.39 is 11.1 Å². The number of benzene rings is 2. The van der Waals surface area contributed by atoms with Crippen molar-refractivity contribution >= 4 is 50.8 Å². The number of carbonyl (C=O) groups excluding carboxylic acids is 3. The zero-order chi connectivity index (χ0) is 25.7. The largest absolute Gasteiger partial charge is 0.490 e. The van der Waals surface area contributed by atoms with Crippen molar-refractivity contribution in [2.45, 2.75) is 26.4 Å². The summed E-state index contributed by atoms with van der Waals surface area (Å²) in [4.78, 5) is 40.8. The summed E-state index contributed by atoms with van der Waals surface area (Å²) in [6, 6.07) is 12.8. The second kappa shape index (κ2) is 11.6. The van der Waals surface area contributed by atoms with Crippen molar-refractivity contribution in [3.8, 4) is 17.6 Å². The average Bonchev–Trinajstić information content (AvgIpc) is 3.50. The van der Waals surface area contributed by atoms with Crippen LogP contribution in [0.2, 0.25) is 0 Å². The molecule has 0 aromatic heterocycles. The van der Waals surface area contributed by atoms with Crippen molar-refractivity contribution in [3.05, 3.63) is 62.5 Å². The molecule has 0 atom stereocenters. The summed E-state index contributed by atoms with van der Waals surface area (Å²) in [5.41, 5.74) is 1.91. The molecule has 2 saturated heterocycles. The molecule has 0 unspecified atom stereocenters. The number of imide groups is 1. The van der Waals surface area contributed by atoms with Crippen LogP contribution in [0.25, 0.3) is 6.08 Å². The van der Waals surface area contributed by atoms with Gasteiger partial charge in [0.25, 0.3) is 11.1 Å². The van der Waals surface area contributed by atoms with Crippen molar-refractivity contribution in [2.75, 3.05) is 26.2 Å². The minimum atomic E-state index is -0.490. The Labute approximate surface area is 222 Å². The van der Waals surface area contributed by atoms with Crippen LogP contribution in [0.3, 0.4) is 0 Å². The maximum atomic E-state index is 12.9. The molecule has 4 rings (SSSR count). The van der Waals surface area contributed by atoms with Crippen molar-refractivity contribution < 1.29 is 23.9 Å². The standard InChI is InChI=1S/C26H24BrN3O5S/c1-2-34-21-11-19(20(27)13-22(21)35-16-18-8-4-3-7-17(18)14-28)12-23-25(32)30(26(33)36-23)15-24(31)29-9-5-6-10-29/h3-4,7-8,11-13H,2,5-6,9-10,15-16H2,1H3/b23-12+. The molecule has 2 fully saturated rings. The molecule has 3 amide bonds. The number of nitriles is 1. The molecule has 0 N–H and O–H groups in total. The first-order valence-corrected chi connectivity index (χ1v) is 13.1. The highest BCUT2D eigenvalue weighted by atomic mass is 79.9. The molecule has 36 heavy (non-hydrogen) atoms. The number of hydrogen-bond acceptors (Lipinski definition) is 7. The maximum absolute atomic E-state index is 12.9. The van der Waals surface area contributed by atoms with Gasteiger partial charge in [-0.15, -0.1) is 0 Å². The molecule has 0 radical (unpaired) electrons. The quantitative estimate of drug-likeness (QED) is 0.414. The van der Waals surface area contributed by atoms with Gasteiger partial charge in [-0.05, 0) is 61.4 Å². The fraction of sp³-hybridized carbons (Fsp3) is 0.308. The highest BCUT2D eigenvalue weighted by Gasteiger charge is 2.37. The SMILES string of the molecule is CCOc1cc(/C=C2/SC(=O)N(CC(=O)N3CCCC3)C2=O)c(Br)cc1OCc1ccccc1C#N. The lowest BCUT2D eigenvalue weighted by Gasteiger charge is -2.18. The first kappa shape index (κ1) is 25.8. The van der Waals surface area contributed by atoms with Crippen molar-refractivity contribution in [1.82, 2.24) is 9.80 Å². The van der Waals surface area contributed by atoms with Crippen molar-refractivity contribution in [3.63, 3.8) is 0 Å². The molecule has 186 valence electrons. The Balaban J connectivity index is 1.53. The number of nitrogens with zero attached hydrogens (tertiary/aromatic N) is 3. The minimum Gasteiger partial charge on any atom is -0.490 e. The zero-order valence-electron chi connectivity index (χ0n) is 19.7. The topological polar surface area (TPSA) is 99.9 Å². The Morgan fingerprint density at radius 2 is 1.89 bits per heavy atom. The fourth-order valence-corrected chi connectivity index (χ4v) is 5.20. The number of halogens is 1. The summed E-state index contributed by atoms with van der Waals surface area (Å²) in [5.74, 6) is 0.231. The van der Waals surface area contributed by atoms with E-state index >= 15 is 0 Å². The van der Waals surface area contributed by atoms with Crippen molar-refractivity contribution in [2.24, 2.45) is 0 Å². The summed E-state index contributed by atoms with van der Waals surface area (Å²) < 4.78 is 12.4. The smallest absolute Gasteiger partial charge is 0.294 e. The lowest BCUT2D eigenvalue weighted by atomic mass is 10.1. The van der Waals surface area contributed by atoms with E-state index in [4.69, 9.17) is 9.47 Å². The van der Waals surface area contributed by atoms with E-state index in [-0.39, 0.29) is 24.0 Å². The molecule has 2 aliphatic rings. The predicted octanol–water partition coefficient (Wildman–Crippen LogP) is 4.96. The Bertz CT molecular complexity index is 1270. The van der Waals surface area contributed by atoms with Gasteiger partial charge in [-0.3, -0.25) is 19.3 Å². The van der Waals surface area contributed by atoms with E-state index in [0.29, 0.717) is 46.8 Å². The average molecular weight is 570 g/mol. The first-order chi connectivity index (χ1) is 17.4. The summed E-state index contributed by atoms with van der Waals surface area (Å²) in [6.45, 7) is 3.49. The lowest BCUT2D eigenvalue weighted by molar-refractivity contribution is -0.135. The summed E-state index contributed by atoms with van der Waals surface area (Å²) in [6.07, 6.45) is 3.48. The molecule has 2 heterocycles. The number of rotatable bonds is 8. The third-order valence-electron chi connectivity index (χ3n) is 5.80. The Hall–Kier alpha value is -3.29. The monoisotopic (exact) mass is 569 g/mol. The first-order valence-electron chi connectivity index (χ1n) is 11.5. The maximum Gasteiger partial charge on any atom is 0.294 e. The van der Waals surface area contributed by atoms with Crippen LogP contribution in [0.4, 0.5) is 4.79 Å². The molecule has 2 aliphatic heterocycles. The highest BCUT2D eigenvalue weighted by molar-refractivity contribution is 9.10. The number of thioether (sulfide) groups is 1. The van der Waals surface area contributed by atoms with E-state index in [2.05, 4.69) is 22.0 Å². The molecule has 2 aromatic rings. The number of ether oxygens (including phenoxy) is 2. The molecule has 0 saturated carbocycles. The van der Waals surface area contributed by atoms with E-state index in [0.717, 1.165) is 35.1 Å². The van der Waals surface area contributed by atoms with Gasteiger partial charge in [-0.1, -0.05) is 34.1 Å². The van der Waals surface area contributed by atoms with Gasteiger partial charge >= 0.3 is 0 Å². The van der Waals surface area contributed by atoms with E-state index in [1.54, 1.807) is 35.2 Å². The molecular weight excluding hydrogens is 546 g/mol. The van der Waals surface area contributed by atoms with E-state index in [1.165, 1.54) is 0 Å². The molecular formula is C26H24BrN3O5S. The lowest BCUT2D eigenvalue weighted by Crippen LogP contribution is -2.40. The summed E-state index contributed by atoms with van der Waals surface area (Å²) >= 11 is 4.33. The molecule has 10 heteroatoms. The van der Waals surface area contributed by atoms with Gasteiger partial charge in [0.05, 0.1) is 23.1 Å². The minimum absolute atomic E-state index is 0.180. The molecule has 8 nitrogen and oxygen atoms in total. The van der Waals surface area contributed by atoms with Gasteiger partial charge in [0, 0.05) is 23.1 Å². The number of likely N-dealkylation sites (tertiary alicyclic amines) is 1. The van der Waals surface area contributed by atoms with Crippen LogP contribution >= 0.6 is 27.7 Å². The van der Waals surface area contributed by atoms with Gasteiger partial charge in [-0.2, -0.15) is 5.26 Å². The summed E-state index contributed by atoms with van der Waals surface area (Å²) in [7, 11) is 0. The van der Waals surface area contributed by atoms with Gasteiger partial charge in [0.15, 0.2) is 11.5 Å². The third kappa shape index (κ3) is 5.74. The second-order valence-corrected chi connectivity index (χ2v) is 10.0. The van der Waals surface area contributed by atoms with E-state index in [1.807, 2.05) is 19.1 Å². The van der Waals surface area contributed by atoms with Gasteiger partial charge in [0.1, 0.15) is 13.2 Å². The van der Waals surface area contributed by atoms with E-state index in [9.17, 15) is 19.6 Å². The Morgan fingerprint density at radius 1 is 1.17 bits per heavy atom. The van der Waals surface area contributed by atoms with Crippen molar-refractivity contribution in [1.29, 1.82) is 5.26 Å². The van der Waals surface area contributed by atoms with Crippen LogP contribution in [-0.4, -0.2) is 53.1 Å². The van der Waals surface area contributed by atoms with Crippen LogP contribution in [0.15, 0.2) is 45.8 Å². The van der Waals surface area contributed by atoms with Crippen LogP contribution in [0.5, 0.6) is 11.5 Å². The zero-order valence-corrected chi connectivity index (χ0v) is 22.1. The third-order valence-corrected chi connectivity index (χ3v) is 7.39. The van der Waals surface area contributed by atoms with Crippen LogP contribution in [0.1, 0.15) is 36.5 Å². The van der Waals surface area contributed by atoms with Gasteiger partial charge in [0.2, 0.25) is 5.91 Å². The Morgan fingerprint density at radius 3 is 2.61 bits per heavy atom. The number of amides is 3. The molecule has 2 aromatic carbocycles.